The molecule has 0 saturated carbocycles. The molecule has 0 aliphatic rings. The van der Waals surface area contributed by atoms with Gasteiger partial charge in [0.15, 0.2) is 0 Å². The number of hydrogen-bond acceptors (Lipinski definition) is 3. The van der Waals surface area contributed by atoms with Crippen molar-refractivity contribution in [1.29, 1.82) is 0 Å². The standard InChI is InChI=1S/C16H16O3S/c1-11-4-3-5-12(2)16(11)19-9-14-8-13(10-20-14)6-7-15(17)18/h3-8,10H,9H2,1-2H3,(H,17,18). The van der Waals surface area contributed by atoms with Crippen LogP contribution in [0.3, 0.4) is 0 Å². The number of rotatable bonds is 5. The van der Waals surface area contributed by atoms with Crippen LogP contribution in [0.4, 0.5) is 0 Å². The molecular formula is C16H16O3S. The number of carboxylic acids is 1. The Labute approximate surface area is 122 Å². The lowest BCUT2D eigenvalue weighted by Crippen LogP contribution is -1.97. The minimum absolute atomic E-state index is 0.497. The van der Waals surface area contributed by atoms with E-state index >= 15 is 0 Å². The molecule has 104 valence electrons. The minimum atomic E-state index is -0.940. The highest BCUT2D eigenvalue weighted by Crippen LogP contribution is 2.25. The van der Waals surface area contributed by atoms with Gasteiger partial charge in [0, 0.05) is 11.0 Å². The molecule has 2 rings (SSSR count). The summed E-state index contributed by atoms with van der Waals surface area (Å²) in [6, 6.07) is 8.00. The second-order valence-electron chi connectivity index (χ2n) is 4.53. The lowest BCUT2D eigenvalue weighted by Gasteiger charge is -2.10. The maximum Gasteiger partial charge on any atom is 0.328 e. The van der Waals surface area contributed by atoms with Crippen LogP contribution in [0, 0.1) is 13.8 Å². The average Bonchev–Trinajstić information content (AvgIpc) is 2.84. The number of benzene rings is 1. The van der Waals surface area contributed by atoms with Crippen LogP contribution in [0.25, 0.3) is 6.08 Å². The van der Waals surface area contributed by atoms with E-state index in [2.05, 4.69) is 0 Å². The van der Waals surface area contributed by atoms with E-state index < -0.39 is 5.97 Å². The predicted octanol–water partition coefficient (Wildman–Crippen LogP) is 4.04. The van der Waals surface area contributed by atoms with Crippen molar-refractivity contribution in [2.75, 3.05) is 0 Å². The van der Waals surface area contributed by atoms with Crippen molar-refractivity contribution in [3.8, 4) is 5.75 Å². The van der Waals surface area contributed by atoms with E-state index in [4.69, 9.17) is 9.84 Å². The first-order valence-electron chi connectivity index (χ1n) is 6.23. The normalized spacial score (nSPS) is 10.9. The van der Waals surface area contributed by atoms with Crippen LogP contribution in [0.1, 0.15) is 21.6 Å². The summed E-state index contributed by atoms with van der Waals surface area (Å²) in [5, 5.41) is 10.5. The molecule has 3 nitrogen and oxygen atoms in total. The monoisotopic (exact) mass is 288 g/mol. The van der Waals surface area contributed by atoms with E-state index in [0.717, 1.165) is 33.4 Å². The molecule has 0 unspecified atom stereocenters. The number of carboxylic acid groups (broad SMARTS) is 1. The third-order valence-corrected chi connectivity index (χ3v) is 3.79. The highest BCUT2D eigenvalue weighted by Gasteiger charge is 2.05. The molecule has 0 atom stereocenters. The van der Waals surface area contributed by atoms with E-state index in [0.29, 0.717) is 6.61 Å². The Morgan fingerprint density at radius 2 is 2.05 bits per heavy atom. The van der Waals surface area contributed by atoms with Gasteiger partial charge >= 0.3 is 5.97 Å². The van der Waals surface area contributed by atoms with Gasteiger partial charge in [0.25, 0.3) is 0 Å². The van der Waals surface area contributed by atoms with Gasteiger partial charge in [-0.1, -0.05) is 18.2 Å². The van der Waals surface area contributed by atoms with E-state index in [1.165, 1.54) is 0 Å². The minimum Gasteiger partial charge on any atom is -0.488 e. The number of thiophene rings is 1. The van der Waals surface area contributed by atoms with Crippen LogP contribution in [0.2, 0.25) is 0 Å². The van der Waals surface area contributed by atoms with Crippen LogP contribution in [0.15, 0.2) is 35.7 Å². The molecule has 0 aliphatic heterocycles. The van der Waals surface area contributed by atoms with Gasteiger partial charge in [0.05, 0.1) is 0 Å². The van der Waals surface area contributed by atoms with E-state index in [1.54, 1.807) is 17.4 Å². The molecule has 0 aliphatic carbocycles. The Morgan fingerprint density at radius 3 is 2.70 bits per heavy atom. The fourth-order valence-corrected chi connectivity index (χ4v) is 2.66. The van der Waals surface area contributed by atoms with Crippen molar-refractivity contribution in [2.45, 2.75) is 20.5 Å². The van der Waals surface area contributed by atoms with E-state index in [9.17, 15) is 4.79 Å². The smallest absolute Gasteiger partial charge is 0.328 e. The van der Waals surface area contributed by atoms with Crippen LogP contribution in [-0.4, -0.2) is 11.1 Å². The van der Waals surface area contributed by atoms with Crippen LogP contribution in [0.5, 0.6) is 5.75 Å². The van der Waals surface area contributed by atoms with Gasteiger partial charge in [-0.2, -0.15) is 0 Å². The lowest BCUT2D eigenvalue weighted by molar-refractivity contribution is -0.131. The first kappa shape index (κ1) is 14.3. The fourth-order valence-electron chi connectivity index (χ4n) is 1.90. The van der Waals surface area contributed by atoms with Gasteiger partial charge < -0.3 is 9.84 Å². The van der Waals surface area contributed by atoms with Gasteiger partial charge in [-0.15, -0.1) is 11.3 Å². The third kappa shape index (κ3) is 3.71. The van der Waals surface area contributed by atoms with Gasteiger partial charge in [-0.3, -0.25) is 0 Å². The Bertz CT molecular complexity index is 621. The molecule has 0 saturated heterocycles. The van der Waals surface area contributed by atoms with Gasteiger partial charge in [0.2, 0.25) is 0 Å². The molecule has 1 aromatic carbocycles. The summed E-state index contributed by atoms with van der Waals surface area (Å²) in [6.45, 7) is 4.55. The molecule has 1 N–H and O–H groups in total. The van der Waals surface area contributed by atoms with Crippen molar-refractivity contribution in [1.82, 2.24) is 0 Å². The first-order valence-corrected chi connectivity index (χ1v) is 7.11. The SMILES string of the molecule is Cc1cccc(C)c1OCc1cc(C=CC(=O)O)cs1. The van der Waals surface area contributed by atoms with Crippen molar-refractivity contribution >= 4 is 23.4 Å². The predicted molar refractivity (Wildman–Crippen MR) is 81.2 cm³/mol. The van der Waals surface area contributed by atoms with Crippen LogP contribution < -0.4 is 4.74 Å². The van der Waals surface area contributed by atoms with Gasteiger partial charge in [-0.25, -0.2) is 4.79 Å². The zero-order chi connectivity index (χ0) is 14.5. The number of aryl methyl sites for hydroxylation is 2. The molecule has 0 radical (unpaired) electrons. The first-order chi connectivity index (χ1) is 9.56. The van der Waals surface area contributed by atoms with Gasteiger partial charge in [0.1, 0.15) is 12.4 Å². The van der Waals surface area contributed by atoms with Crippen LogP contribution >= 0.6 is 11.3 Å². The van der Waals surface area contributed by atoms with E-state index in [1.807, 2.05) is 43.5 Å². The van der Waals surface area contributed by atoms with Crippen molar-refractivity contribution in [3.05, 3.63) is 57.3 Å². The van der Waals surface area contributed by atoms with E-state index in [-0.39, 0.29) is 0 Å². The molecule has 0 fully saturated rings. The second-order valence-corrected chi connectivity index (χ2v) is 5.52. The molecule has 1 heterocycles. The third-order valence-electron chi connectivity index (χ3n) is 2.86. The number of hydrogen-bond donors (Lipinski definition) is 1. The Balaban J connectivity index is 2.03. The summed E-state index contributed by atoms with van der Waals surface area (Å²) in [5.74, 6) is -0.0203. The second kappa shape index (κ2) is 6.39. The summed E-state index contributed by atoms with van der Waals surface area (Å²) in [4.78, 5) is 11.5. The molecule has 2 aromatic rings. The maximum atomic E-state index is 10.5. The molecule has 0 amide bonds. The number of aliphatic carboxylic acids is 1. The highest BCUT2D eigenvalue weighted by molar-refractivity contribution is 7.10. The molecule has 4 heteroatoms. The highest BCUT2D eigenvalue weighted by atomic mass is 32.1. The molecule has 0 bridgehead atoms. The van der Waals surface area contributed by atoms with Crippen molar-refractivity contribution in [2.24, 2.45) is 0 Å². The summed E-state index contributed by atoms with van der Waals surface area (Å²) < 4.78 is 5.86. The molecule has 0 spiro atoms. The van der Waals surface area contributed by atoms with Crippen LogP contribution in [-0.2, 0) is 11.4 Å². The van der Waals surface area contributed by atoms with Crippen molar-refractivity contribution in [3.63, 3.8) is 0 Å². The molecular weight excluding hydrogens is 272 g/mol. The maximum absolute atomic E-state index is 10.5. The molecule has 1 aromatic heterocycles. The number of ether oxygens (including phenoxy) is 1. The topological polar surface area (TPSA) is 46.5 Å². The molecule has 20 heavy (non-hydrogen) atoms. The number of carbonyl (C=O) groups is 1. The van der Waals surface area contributed by atoms with Crippen molar-refractivity contribution < 1.29 is 14.6 Å². The fraction of sp³-hybridized carbons (Fsp3) is 0.188. The Kier molecular flexibility index (Phi) is 4.58. The summed E-state index contributed by atoms with van der Waals surface area (Å²) in [5.41, 5.74) is 3.12. The number of para-hydroxylation sites is 1. The summed E-state index contributed by atoms with van der Waals surface area (Å²) in [6.07, 6.45) is 2.72. The Morgan fingerprint density at radius 1 is 1.35 bits per heavy atom. The summed E-state index contributed by atoms with van der Waals surface area (Å²) >= 11 is 1.56. The zero-order valence-corrected chi connectivity index (χ0v) is 12.2. The Hall–Kier alpha value is -2.07. The van der Waals surface area contributed by atoms with Gasteiger partial charge in [-0.05, 0) is 48.1 Å². The summed E-state index contributed by atoms with van der Waals surface area (Å²) in [7, 11) is 0. The largest absolute Gasteiger partial charge is 0.488 e. The quantitative estimate of drug-likeness (QED) is 0.845. The zero-order valence-electron chi connectivity index (χ0n) is 11.4. The lowest BCUT2D eigenvalue weighted by atomic mass is 10.1. The average molecular weight is 288 g/mol.